The summed E-state index contributed by atoms with van der Waals surface area (Å²) < 4.78 is 5.74. The number of carbonyl (C=O) groups excluding carboxylic acids is 1. The van der Waals surface area contributed by atoms with Crippen LogP contribution in [-0.2, 0) is 0 Å². The average Bonchev–Trinajstić information content (AvgIpc) is 2.98. The molecular formula is C18H16N2O4. The van der Waals surface area contributed by atoms with Crippen LogP contribution in [0.4, 0.5) is 5.69 Å². The number of nitrogens with zero attached hydrogens (tertiary/aromatic N) is 1. The molecule has 1 N–H and O–H groups in total. The van der Waals surface area contributed by atoms with Crippen molar-refractivity contribution in [3.8, 4) is 0 Å². The number of hydrogen-bond donors (Lipinski definition) is 1. The standard InChI is InChI=1S/C18H16N2O4/c1-11-14(7-5-8-15(11)20(22)23)18(21)19-12(2)17-10-13-6-3-4-9-16(13)24-17/h3-10,12H,1-2H3,(H,19,21)/t12-/m0/s1. The van der Waals surface area contributed by atoms with E-state index in [1.54, 1.807) is 13.0 Å². The Balaban J connectivity index is 1.84. The number of hydrogen-bond acceptors (Lipinski definition) is 4. The number of rotatable bonds is 4. The molecule has 24 heavy (non-hydrogen) atoms. The third-order valence-corrected chi connectivity index (χ3v) is 3.97. The van der Waals surface area contributed by atoms with Crippen molar-refractivity contribution in [2.45, 2.75) is 19.9 Å². The maximum atomic E-state index is 12.5. The minimum absolute atomic E-state index is 0.0703. The number of nitro benzene ring substituents is 1. The highest BCUT2D eigenvalue weighted by Gasteiger charge is 2.20. The molecule has 3 rings (SSSR count). The summed E-state index contributed by atoms with van der Waals surface area (Å²) >= 11 is 0. The van der Waals surface area contributed by atoms with Gasteiger partial charge in [-0.2, -0.15) is 0 Å². The fourth-order valence-corrected chi connectivity index (χ4v) is 2.63. The molecule has 2 aromatic carbocycles. The third kappa shape index (κ3) is 2.86. The fourth-order valence-electron chi connectivity index (χ4n) is 2.63. The zero-order valence-electron chi connectivity index (χ0n) is 13.3. The lowest BCUT2D eigenvalue weighted by atomic mass is 10.1. The van der Waals surface area contributed by atoms with Gasteiger partial charge in [0.15, 0.2) is 0 Å². The van der Waals surface area contributed by atoms with E-state index in [1.165, 1.54) is 12.1 Å². The van der Waals surface area contributed by atoms with Crippen LogP contribution in [0.5, 0.6) is 0 Å². The van der Waals surface area contributed by atoms with E-state index in [0.717, 1.165) is 11.0 Å². The van der Waals surface area contributed by atoms with Crippen molar-refractivity contribution in [2.75, 3.05) is 0 Å². The number of furan rings is 1. The lowest BCUT2D eigenvalue weighted by molar-refractivity contribution is -0.385. The van der Waals surface area contributed by atoms with Gasteiger partial charge in [-0.25, -0.2) is 0 Å². The van der Waals surface area contributed by atoms with Gasteiger partial charge in [-0.1, -0.05) is 24.3 Å². The van der Waals surface area contributed by atoms with Crippen LogP contribution >= 0.6 is 0 Å². The molecule has 1 atom stereocenters. The molecule has 0 fully saturated rings. The Morgan fingerprint density at radius 2 is 1.96 bits per heavy atom. The van der Waals surface area contributed by atoms with Crippen molar-refractivity contribution in [1.29, 1.82) is 0 Å². The van der Waals surface area contributed by atoms with Crippen LogP contribution in [0.3, 0.4) is 0 Å². The van der Waals surface area contributed by atoms with E-state index in [0.29, 0.717) is 11.3 Å². The van der Waals surface area contributed by atoms with Gasteiger partial charge < -0.3 is 9.73 Å². The first-order chi connectivity index (χ1) is 11.5. The predicted octanol–water partition coefficient (Wildman–Crippen LogP) is 4.14. The van der Waals surface area contributed by atoms with E-state index >= 15 is 0 Å². The summed E-state index contributed by atoms with van der Waals surface area (Å²) in [6, 6.07) is 13.6. The predicted molar refractivity (Wildman–Crippen MR) is 89.9 cm³/mol. The van der Waals surface area contributed by atoms with Crippen molar-refractivity contribution in [3.63, 3.8) is 0 Å². The number of carbonyl (C=O) groups is 1. The maximum Gasteiger partial charge on any atom is 0.273 e. The number of para-hydroxylation sites is 1. The van der Waals surface area contributed by atoms with Gasteiger partial charge in [0.1, 0.15) is 11.3 Å². The van der Waals surface area contributed by atoms with Gasteiger partial charge in [0.05, 0.1) is 11.0 Å². The van der Waals surface area contributed by atoms with Crippen molar-refractivity contribution >= 4 is 22.6 Å². The number of amides is 1. The third-order valence-electron chi connectivity index (χ3n) is 3.97. The molecule has 0 saturated heterocycles. The Morgan fingerprint density at radius 1 is 1.21 bits per heavy atom. The highest BCUT2D eigenvalue weighted by atomic mass is 16.6. The van der Waals surface area contributed by atoms with Gasteiger partial charge in [0.25, 0.3) is 11.6 Å². The van der Waals surface area contributed by atoms with Crippen LogP contribution in [-0.4, -0.2) is 10.8 Å². The maximum absolute atomic E-state index is 12.5. The van der Waals surface area contributed by atoms with E-state index in [4.69, 9.17) is 4.42 Å². The molecule has 122 valence electrons. The van der Waals surface area contributed by atoms with Gasteiger partial charge in [-0.05, 0) is 32.0 Å². The molecule has 6 nitrogen and oxygen atoms in total. The lowest BCUT2D eigenvalue weighted by Crippen LogP contribution is -2.27. The van der Waals surface area contributed by atoms with Crippen molar-refractivity contribution < 1.29 is 14.1 Å². The molecule has 1 amide bonds. The van der Waals surface area contributed by atoms with E-state index in [1.807, 2.05) is 37.3 Å². The Labute approximate surface area is 138 Å². The van der Waals surface area contributed by atoms with Crippen molar-refractivity contribution in [3.05, 3.63) is 75.5 Å². The molecule has 1 aromatic heterocycles. The Hall–Kier alpha value is -3.15. The Kier molecular flexibility index (Phi) is 4.04. The largest absolute Gasteiger partial charge is 0.459 e. The quantitative estimate of drug-likeness (QED) is 0.577. The first kappa shape index (κ1) is 15.7. The number of nitrogens with one attached hydrogen (secondary N) is 1. The summed E-state index contributed by atoms with van der Waals surface area (Å²) in [5.74, 6) is 0.261. The number of nitro groups is 1. The Morgan fingerprint density at radius 3 is 2.67 bits per heavy atom. The average molecular weight is 324 g/mol. The molecule has 0 radical (unpaired) electrons. The summed E-state index contributed by atoms with van der Waals surface area (Å²) in [5.41, 5.74) is 1.31. The monoisotopic (exact) mass is 324 g/mol. The molecule has 0 unspecified atom stereocenters. The number of fused-ring (bicyclic) bond motifs is 1. The highest BCUT2D eigenvalue weighted by Crippen LogP contribution is 2.25. The molecule has 1 heterocycles. The molecular weight excluding hydrogens is 308 g/mol. The van der Waals surface area contributed by atoms with Gasteiger partial charge in [0, 0.05) is 22.6 Å². The smallest absolute Gasteiger partial charge is 0.273 e. The van der Waals surface area contributed by atoms with E-state index in [9.17, 15) is 14.9 Å². The number of benzene rings is 2. The topological polar surface area (TPSA) is 85.4 Å². The van der Waals surface area contributed by atoms with E-state index in [-0.39, 0.29) is 23.2 Å². The molecule has 0 aliphatic rings. The van der Waals surface area contributed by atoms with Crippen LogP contribution in [0.1, 0.15) is 34.6 Å². The minimum Gasteiger partial charge on any atom is -0.459 e. The second-order valence-electron chi connectivity index (χ2n) is 5.59. The molecule has 0 spiro atoms. The van der Waals surface area contributed by atoms with E-state index in [2.05, 4.69) is 5.32 Å². The second-order valence-corrected chi connectivity index (χ2v) is 5.59. The summed E-state index contributed by atoms with van der Waals surface area (Å²) in [4.78, 5) is 23.0. The zero-order valence-corrected chi connectivity index (χ0v) is 13.3. The van der Waals surface area contributed by atoms with Crippen LogP contribution in [0.2, 0.25) is 0 Å². The van der Waals surface area contributed by atoms with Crippen LogP contribution in [0.15, 0.2) is 52.9 Å². The zero-order chi connectivity index (χ0) is 17.3. The van der Waals surface area contributed by atoms with Gasteiger partial charge >= 0.3 is 0 Å². The van der Waals surface area contributed by atoms with E-state index < -0.39 is 4.92 Å². The molecule has 0 bridgehead atoms. The molecule has 0 saturated carbocycles. The lowest BCUT2D eigenvalue weighted by Gasteiger charge is -2.12. The highest BCUT2D eigenvalue weighted by molar-refractivity contribution is 5.96. The summed E-state index contributed by atoms with van der Waals surface area (Å²) in [7, 11) is 0. The van der Waals surface area contributed by atoms with Crippen molar-refractivity contribution in [1.82, 2.24) is 5.32 Å². The SMILES string of the molecule is Cc1c(C(=O)N[C@@H](C)c2cc3ccccc3o2)cccc1[N+](=O)[O-]. The van der Waals surface area contributed by atoms with Gasteiger partial charge in [-0.15, -0.1) is 0 Å². The second kappa shape index (κ2) is 6.16. The van der Waals surface area contributed by atoms with Gasteiger partial charge in [0.2, 0.25) is 0 Å². The van der Waals surface area contributed by atoms with Crippen LogP contribution in [0, 0.1) is 17.0 Å². The van der Waals surface area contributed by atoms with Crippen molar-refractivity contribution in [2.24, 2.45) is 0 Å². The first-order valence-corrected chi connectivity index (χ1v) is 7.50. The minimum atomic E-state index is -0.491. The first-order valence-electron chi connectivity index (χ1n) is 7.50. The van der Waals surface area contributed by atoms with Gasteiger partial charge in [-0.3, -0.25) is 14.9 Å². The summed E-state index contributed by atoms with van der Waals surface area (Å²) in [6.07, 6.45) is 0. The normalized spacial score (nSPS) is 12.1. The fraction of sp³-hybridized carbons (Fsp3) is 0.167. The molecule has 3 aromatic rings. The summed E-state index contributed by atoms with van der Waals surface area (Å²) in [6.45, 7) is 3.38. The molecule has 0 aliphatic carbocycles. The molecule has 0 aliphatic heterocycles. The van der Waals surface area contributed by atoms with Crippen LogP contribution in [0.25, 0.3) is 11.0 Å². The molecule has 6 heteroatoms. The van der Waals surface area contributed by atoms with Crippen LogP contribution < -0.4 is 5.32 Å². The summed E-state index contributed by atoms with van der Waals surface area (Å²) in [5, 5.41) is 14.8. The Bertz CT molecular complexity index is 897.